The summed E-state index contributed by atoms with van der Waals surface area (Å²) in [5.74, 6) is 0.772. The smallest absolute Gasteiger partial charge is 0.119 e. The molecule has 1 aromatic heterocycles. The third kappa shape index (κ3) is 4.84. The van der Waals surface area contributed by atoms with Gasteiger partial charge in [0.05, 0.1) is 13.2 Å². The minimum absolute atomic E-state index is 0.336. The number of thiophene rings is 1. The first-order valence-electron chi connectivity index (χ1n) is 7.19. The topological polar surface area (TPSA) is 41.5 Å². The molecule has 0 amide bonds. The molecule has 114 valence electrons. The number of rotatable bonds is 7. The molecule has 2 atom stereocenters. The lowest BCUT2D eigenvalue weighted by Crippen LogP contribution is -2.31. The van der Waals surface area contributed by atoms with E-state index in [0.29, 0.717) is 12.6 Å². The third-order valence-electron chi connectivity index (χ3n) is 3.44. The molecule has 0 aliphatic rings. The predicted molar refractivity (Wildman–Crippen MR) is 88.2 cm³/mol. The maximum Gasteiger partial charge on any atom is 0.119 e. The average Bonchev–Trinajstić information content (AvgIpc) is 2.90. The lowest BCUT2D eigenvalue weighted by molar-refractivity contribution is 0.170. The molecule has 1 aromatic carbocycles. The molecular formula is C17H23NO2S. The number of nitrogens with one attached hydrogen (secondary N) is 1. The molecular weight excluding hydrogens is 282 g/mol. The summed E-state index contributed by atoms with van der Waals surface area (Å²) < 4.78 is 5.18. The van der Waals surface area contributed by atoms with Crippen molar-refractivity contribution in [3.63, 3.8) is 0 Å². The lowest BCUT2D eigenvalue weighted by Gasteiger charge is -2.17. The lowest BCUT2D eigenvalue weighted by atomic mass is 10.1. The van der Waals surface area contributed by atoms with Crippen molar-refractivity contribution in [2.45, 2.75) is 32.4 Å². The average molecular weight is 305 g/mol. The van der Waals surface area contributed by atoms with Crippen LogP contribution in [-0.2, 0) is 6.42 Å². The number of aryl methyl sites for hydroxylation is 1. The summed E-state index contributed by atoms with van der Waals surface area (Å²) in [6.45, 7) is 4.81. The fraction of sp³-hybridized carbons (Fsp3) is 0.412. The van der Waals surface area contributed by atoms with Crippen molar-refractivity contribution in [3.05, 3.63) is 51.7 Å². The number of benzene rings is 1. The van der Waals surface area contributed by atoms with Gasteiger partial charge in [-0.25, -0.2) is 0 Å². The van der Waals surface area contributed by atoms with Crippen molar-refractivity contribution in [1.82, 2.24) is 5.32 Å². The van der Waals surface area contributed by atoms with Crippen molar-refractivity contribution < 1.29 is 9.84 Å². The van der Waals surface area contributed by atoms with E-state index < -0.39 is 6.10 Å². The van der Waals surface area contributed by atoms with E-state index >= 15 is 0 Å². The Kier molecular flexibility index (Phi) is 5.79. The zero-order valence-electron chi connectivity index (χ0n) is 12.8. The fourth-order valence-electron chi connectivity index (χ4n) is 2.25. The molecule has 0 aliphatic carbocycles. The summed E-state index contributed by atoms with van der Waals surface area (Å²) in [5, 5.41) is 13.6. The summed E-state index contributed by atoms with van der Waals surface area (Å²) >= 11 is 1.83. The van der Waals surface area contributed by atoms with E-state index in [1.54, 1.807) is 7.11 Å². The number of hydrogen-bond donors (Lipinski definition) is 2. The summed E-state index contributed by atoms with van der Waals surface area (Å²) in [4.78, 5) is 2.72. The molecule has 0 spiro atoms. The Morgan fingerprint density at radius 1 is 1.29 bits per heavy atom. The molecule has 0 bridgehead atoms. The Hall–Kier alpha value is -1.36. The molecule has 4 heteroatoms. The van der Waals surface area contributed by atoms with Gasteiger partial charge in [-0.05, 0) is 50.1 Å². The highest BCUT2D eigenvalue weighted by Crippen LogP contribution is 2.19. The van der Waals surface area contributed by atoms with Gasteiger partial charge in [0.15, 0.2) is 0 Å². The highest BCUT2D eigenvalue weighted by Gasteiger charge is 2.11. The maximum atomic E-state index is 10.2. The molecule has 2 rings (SSSR count). The normalized spacial score (nSPS) is 13.9. The van der Waals surface area contributed by atoms with Crippen LogP contribution in [0, 0.1) is 6.92 Å². The minimum Gasteiger partial charge on any atom is -0.497 e. The quantitative estimate of drug-likeness (QED) is 0.824. The van der Waals surface area contributed by atoms with Crippen molar-refractivity contribution >= 4 is 11.3 Å². The van der Waals surface area contributed by atoms with Crippen LogP contribution in [0.25, 0.3) is 0 Å². The highest BCUT2D eigenvalue weighted by molar-refractivity contribution is 7.11. The van der Waals surface area contributed by atoms with Gasteiger partial charge in [-0.3, -0.25) is 0 Å². The van der Waals surface area contributed by atoms with E-state index in [9.17, 15) is 5.11 Å². The van der Waals surface area contributed by atoms with Gasteiger partial charge < -0.3 is 15.2 Å². The van der Waals surface area contributed by atoms with E-state index in [2.05, 4.69) is 31.3 Å². The fourth-order valence-corrected chi connectivity index (χ4v) is 3.27. The van der Waals surface area contributed by atoms with Gasteiger partial charge in [0, 0.05) is 22.3 Å². The molecule has 2 N–H and O–H groups in total. The molecule has 2 aromatic rings. The number of aliphatic hydroxyl groups excluding tert-OH is 1. The van der Waals surface area contributed by atoms with E-state index in [-0.39, 0.29) is 0 Å². The molecule has 3 nitrogen and oxygen atoms in total. The third-order valence-corrected chi connectivity index (χ3v) is 4.46. The van der Waals surface area contributed by atoms with E-state index in [4.69, 9.17) is 4.74 Å². The van der Waals surface area contributed by atoms with Gasteiger partial charge in [0.2, 0.25) is 0 Å². The van der Waals surface area contributed by atoms with Gasteiger partial charge in [-0.15, -0.1) is 11.3 Å². The molecule has 0 aliphatic heterocycles. The Balaban J connectivity index is 1.83. The summed E-state index contributed by atoms with van der Waals surface area (Å²) in [7, 11) is 1.63. The van der Waals surface area contributed by atoms with Gasteiger partial charge in [0.25, 0.3) is 0 Å². The van der Waals surface area contributed by atoms with Crippen LogP contribution in [-0.4, -0.2) is 24.8 Å². The van der Waals surface area contributed by atoms with Gasteiger partial charge in [-0.1, -0.05) is 12.1 Å². The van der Waals surface area contributed by atoms with E-state index in [1.165, 1.54) is 9.75 Å². The summed E-state index contributed by atoms with van der Waals surface area (Å²) in [6, 6.07) is 12.2. The Morgan fingerprint density at radius 2 is 2.10 bits per heavy atom. The zero-order chi connectivity index (χ0) is 15.2. The largest absolute Gasteiger partial charge is 0.497 e. The number of methoxy groups -OCH3 is 1. The molecule has 0 radical (unpaired) electrons. The van der Waals surface area contributed by atoms with Crippen molar-refractivity contribution in [2.24, 2.45) is 0 Å². The predicted octanol–water partition coefficient (Wildman–Crippen LogP) is 3.32. The Morgan fingerprint density at radius 3 is 2.76 bits per heavy atom. The molecule has 21 heavy (non-hydrogen) atoms. The SMILES string of the molecule is COc1cccc(C(O)CNC(C)Cc2ccc(C)s2)c1. The Bertz CT molecular complexity index is 567. The van der Waals surface area contributed by atoms with Crippen LogP contribution in [0.2, 0.25) is 0 Å². The second-order valence-corrected chi connectivity index (χ2v) is 6.69. The maximum absolute atomic E-state index is 10.2. The first-order valence-corrected chi connectivity index (χ1v) is 8.01. The van der Waals surface area contributed by atoms with Crippen molar-refractivity contribution in [1.29, 1.82) is 0 Å². The first kappa shape index (κ1) is 16.0. The van der Waals surface area contributed by atoms with Crippen LogP contribution in [0.5, 0.6) is 5.75 Å². The van der Waals surface area contributed by atoms with Crippen LogP contribution >= 0.6 is 11.3 Å². The van der Waals surface area contributed by atoms with Gasteiger partial charge >= 0.3 is 0 Å². The monoisotopic (exact) mass is 305 g/mol. The molecule has 0 saturated carbocycles. The van der Waals surface area contributed by atoms with Crippen molar-refractivity contribution in [2.75, 3.05) is 13.7 Å². The van der Waals surface area contributed by atoms with E-state index in [0.717, 1.165) is 17.7 Å². The van der Waals surface area contributed by atoms with Crippen molar-refractivity contribution in [3.8, 4) is 5.75 Å². The summed E-state index contributed by atoms with van der Waals surface area (Å²) in [6.07, 6.45) is 0.469. The number of hydrogen-bond acceptors (Lipinski definition) is 4. The van der Waals surface area contributed by atoms with Crippen LogP contribution < -0.4 is 10.1 Å². The molecule has 1 heterocycles. The minimum atomic E-state index is -0.521. The van der Waals surface area contributed by atoms with Crippen LogP contribution in [0.15, 0.2) is 36.4 Å². The molecule has 2 unspecified atom stereocenters. The van der Waals surface area contributed by atoms with Gasteiger partial charge in [-0.2, -0.15) is 0 Å². The second kappa shape index (κ2) is 7.59. The first-order chi connectivity index (χ1) is 10.1. The second-order valence-electron chi connectivity index (χ2n) is 5.32. The highest BCUT2D eigenvalue weighted by atomic mass is 32.1. The van der Waals surface area contributed by atoms with Crippen LogP contribution in [0.4, 0.5) is 0 Å². The zero-order valence-corrected chi connectivity index (χ0v) is 13.6. The number of ether oxygens (including phenoxy) is 1. The summed E-state index contributed by atoms with van der Waals surface area (Å²) in [5.41, 5.74) is 0.876. The standard InChI is InChI=1S/C17H23NO2S/c1-12(9-16-8-7-13(2)21-16)18-11-17(19)14-5-4-6-15(10-14)20-3/h4-8,10,12,17-19H,9,11H2,1-3H3. The van der Waals surface area contributed by atoms with E-state index in [1.807, 2.05) is 35.6 Å². The number of aliphatic hydroxyl groups is 1. The van der Waals surface area contributed by atoms with Crippen LogP contribution in [0.1, 0.15) is 28.3 Å². The molecule has 0 saturated heterocycles. The molecule has 0 fully saturated rings. The Labute approximate surface area is 130 Å². The van der Waals surface area contributed by atoms with Crippen LogP contribution in [0.3, 0.4) is 0 Å². The van der Waals surface area contributed by atoms with Gasteiger partial charge in [0.1, 0.15) is 5.75 Å².